The number of hydrogen-bond donors (Lipinski definition) is 0. The lowest BCUT2D eigenvalue weighted by Gasteiger charge is -2.32. The molecule has 0 N–H and O–H groups in total. The van der Waals surface area contributed by atoms with Gasteiger partial charge in [-0.15, -0.1) is 0 Å². The lowest BCUT2D eigenvalue weighted by atomic mass is 9.93. The van der Waals surface area contributed by atoms with Crippen LogP contribution in [-0.2, 0) is 7.05 Å². The zero-order valence-electron chi connectivity index (χ0n) is 14.3. The van der Waals surface area contributed by atoms with Crippen LogP contribution in [0.2, 0.25) is 0 Å². The largest absolute Gasteiger partial charge is 0.347 e. The summed E-state index contributed by atoms with van der Waals surface area (Å²) >= 11 is 3.42. The van der Waals surface area contributed by atoms with E-state index in [1.54, 1.807) is 0 Å². The maximum atomic E-state index is 12.7. The van der Waals surface area contributed by atoms with Gasteiger partial charge >= 0.3 is 0 Å². The lowest BCUT2D eigenvalue weighted by molar-refractivity contribution is 0.0711. The molecular weight excluding hydrogens is 376 g/mol. The predicted octanol–water partition coefficient (Wildman–Crippen LogP) is 4.96. The molecule has 0 radical (unpaired) electrons. The van der Waals surface area contributed by atoms with Crippen LogP contribution in [0.5, 0.6) is 0 Å². The molecule has 1 fully saturated rings. The number of carbonyl (C=O) groups excluding carboxylic acids is 1. The molecule has 4 rings (SSSR count). The molecule has 2 aromatic carbocycles. The first-order chi connectivity index (χ1) is 12.1. The number of hydrogen-bond acceptors (Lipinski definition) is 1. The molecule has 2 heterocycles. The van der Waals surface area contributed by atoms with Gasteiger partial charge in [-0.25, -0.2) is 0 Å². The van der Waals surface area contributed by atoms with Crippen molar-refractivity contribution >= 4 is 32.7 Å². The van der Waals surface area contributed by atoms with E-state index in [-0.39, 0.29) is 5.91 Å². The predicted molar refractivity (Wildman–Crippen MR) is 105 cm³/mol. The first kappa shape index (κ1) is 16.4. The fourth-order valence-corrected chi connectivity index (χ4v) is 4.12. The summed E-state index contributed by atoms with van der Waals surface area (Å²) in [5.41, 5.74) is 3.44. The van der Waals surface area contributed by atoms with Gasteiger partial charge in [-0.1, -0.05) is 34.1 Å². The number of rotatable bonds is 2. The van der Waals surface area contributed by atoms with Crippen molar-refractivity contribution in [1.29, 1.82) is 0 Å². The van der Waals surface area contributed by atoms with Crippen molar-refractivity contribution in [1.82, 2.24) is 9.47 Å². The van der Waals surface area contributed by atoms with Gasteiger partial charge < -0.3 is 9.47 Å². The molecular formula is C21H21BrN2O. The standard InChI is InChI=1S/C21H21BrN2O/c1-23-19-5-3-2-4-17(19)14-20(23)15-10-12-24(13-11-15)21(25)16-6-8-18(22)9-7-16/h2-9,14-15H,10-13H2,1H3. The van der Waals surface area contributed by atoms with E-state index in [0.29, 0.717) is 5.92 Å². The van der Waals surface area contributed by atoms with Crippen LogP contribution in [0.1, 0.15) is 34.8 Å². The molecule has 0 spiro atoms. The Morgan fingerprint density at radius 2 is 1.72 bits per heavy atom. The molecule has 1 aliphatic rings. The summed E-state index contributed by atoms with van der Waals surface area (Å²) in [7, 11) is 2.15. The number of amides is 1. The maximum Gasteiger partial charge on any atom is 0.253 e. The Morgan fingerprint density at radius 1 is 1.04 bits per heavy atom. The summed E-state index contributed by atoms with van der Waals surface area (Å²) in [5, 5.41) is 1.30. The Hall–Kier alpha value is -2.07. The Kier molecular flexibility index (Phi) is 4.38. The van der Waals surface area contributed by atoms with Gasteiger partial charge in [0.2, 0.25) is 0 Å². The molecule has 128 valence electrons. The minimum Gasteiger partial charge on any atom is -0.347 e. The first-order valence-corrected chi connectivity index (χ1v) is 9.52. The molecule has 1 amide bonds. The summed E-state index contributed by atoms with van der Waals surface area (Å²) in [6.07, 6.45) is 2.04. The van der Waals surface area contributed by atoms with Crippen molar-refractivity contribution in [2.75, 3.05) is 13.1 Å². The maximum absolute atomic E-state index is 12.7. The number of likely N-dealkylation sites (tertiary alicyclic amines) is 1. The van der Waals surface area contributed by atoms with Crippen molar-refractivity contribution < 1.29 is 4.79 Å². The molecule has 0 aliphatic carbocycles. The van der Waals surface area contributed by atoms with Gasteiger partial charge in [0.15, 0.2) is 0 Å². The van der Waals surface area contributed by atoms with Crippen molar-refractivity contribution in [3.8, 4) is 0 Å². The Labute approximate surface area is 156 Å². The highest BCUT2D eigenvalue weighted by Gasteiger charge is 2.26. The highest BCUT2D eigenvalue weighted by molar-refractivity contribution is 9.10. The van der Waals surface area contributed by atoms with Crippen LogP contribution in [0, 0.1) is 0 Å². The number of para-hydroxylation sites is 1. The third-order valence-electron chi connectivity index (χ3n) is 5.28. The van der Waals surface area contributed by atoms with Gasteiger partial charge in [0, 0.05) is 47.3 Å². The zero-order valence-corrected chi connectivity index (χ0v) is 15.9. The van der Waals surface area contributed by atoms with Crippen LogP contribution >= 0.6 is 15.9 Å². The number of piperidine rings is 1. The van der Waals surface area contributed by atoms with Crippen molar-refractivity contribution in [3.05, 3.63) is 70.3 Å². The van der Waals surface area contributed by atoms with E-state index in [9.17, 15) is 4.79 Å². The second-order valence-corrected chi connectivity index (χ2v) is 7.68. The topological polar surface area (TPSA) is 25.2 Å². The number of halogens is 1. The number of benzene rings is 2. The van der Waals surface area contributed by atoms with Crippen LogP contribution in [0.15, 0.2) is 59.1 Å². The molecule has 0 unspecified atom stereocenters. The molecule has 1 saturated heterocycles. The minimum atomic E-state index is 0.142. The lowest BCUT2D eigenvalue weighted by Crippen LogP contribution is -2.38. The van der Waals surface area contributed by atoms with Gasteiger partial charge in [0.1, 0.15) is 0 Å². The van der Waals surface area contributed by atoms with Gasteiger partial charge in [0.25, 0.3) is 5.91 Å². The van der Waals surface area contributed by atoms with Crippen LogP contribution < -0.4 is 0 Å². The Bertz CT molecular complexity index is 905. The van der Waals surface area contributed by atoms with Crippen LogP contribution in [0.4, 0.5) is 0 Å². The average Bonchev–Trinajstić information content (AvgIpc) is 2.99. The normalized spacial score (nSPS) is 15.7. The highest BCUT2D eigenvalue weighted by atomic mass is 79.9. The molecule has 1 aliphatic heterocycles. The summed E-state index contributed by atoms with van der Waals surface area (Å²) in [6, 6.07) is 18.5. The van der Waals surface area contributed by atoms with Crippen molar-refractivity contribution in [2.24, 2.45) is 7.05 Å². The molecule has 1 aromatic heterocycles. The van der Waals surface area contributed by atoms with E-state index in [4.69, 9.17) is 0 Å². The van der Waals surface area contributed by atoms with Crippen LogP contribution in [-0.4, -0.2) is 28.5 Å². The van der Waals surface area contributed by atoms with Gasteiger partial charge in [-0.05, 0) is 54.6 Å². The molecule has 0 atom stereocenters. The third kappa shape index (κ3) is 3.11. The van der Waals surface area contributed by atoms with Crippen molar-refractivity contribution in [2.45, 2.75) is 18.8 Å². The fourth-order valence-electron chi connectivity index (χ4n) is 3.86. The van der Waals surface area contributed by atoms with E-state index in [0.717, 1.165) is 36.0 Å². The summed E-state index contributed by atoms with van der Waals surface area (Å²) in [5.74, 6) is 0.661. The van der Waals surface area contributed by atoms with Crippen molar-refractivity contribution in [3.63, 3.8) is 0 Å². The number of carbonyl (C=O) groups is 1. The van der Waals surface area contributed by atoms with E-state index in [1.165, 1.54) is 16.6 Å². The number of nitrogens with zero attached hydrogens (tertiary/aromatic N) is 2. The fraction of sp³-hybridized carbons (Fsp3) is 0.286. The highest BCUT2D eigenvalue weighted by Crippen LogP contribution is 2.32. The van der Waals surface area contributed by atoms with E-state index in [1.807, 2.05) is 29.2 Å². The SMILES string of the molecule is Cn1c(C2CCN(C(=O)c3ccc(Br)cc3)CC2)cc2ccccc21. The van der Waals surface area contributed by atoms with E-state index in [2.05, 4.69) is 57.9 Å². The molecule has 0 bridgehead atoms. The second-order valence-electron chi connectivity index (χ2n) is 6.76. The molecule has 3 aromatic rings. The molecule has 3 nitrogen and oxygen atoms in total. The van der Waals surface area contributed by atoms with Gasteiger partial charge in [-0.2, -0.15) is 0 Å². The first-order valence-electron chi connectivity index (χ1n) is 8.72. The molecule has 0 saturated carbocycles. The number of fused-ring (bicyclic) bond motifs is 1. The summed E-state index contributed by atoms with van der Waals surface area (Å²) in [4.78, 5) is 14.7. The smallest absolute Gasteiger partial charge is 0.253 e. The van der Waals surface area contributed by atoms with Gasteiger partial charge in [0.05, 0.1) is 0 Å². The number of aromatic nitrogens is 1. The van der Waals surface area contributed by atoms with E-state index >= 15 is 0 Å². The monoisotopic (exact) mass is 396 g/mol. The minimum absolute atomic E-state index is 0.142. The van der Waals surface area contributed by atoms with Crippen LogP contribution in [0.3, 0.4) is 0 Å². The number of aryl methyl sites for hydroxylation is 1. The Balaban J connectivity index is 1.48. The van der Waals surface area contributed by atoms with Crippen LogP contribution in [0.25, 0.3) is 10.9 Å². The second kappa shape index (κ2) is 6.68. The molecule has 4 heteroatoms. The zero-order chi connectivity index (χ0) is 17.4. The average molecular weight is 397 g/mol. The third-order valence-corrected chi connectivity index (χ3v) is 5.81. The Morgan fingerprint density at radius 3 is 2.40 bits per heavy atom. The summed E-state index contributed by atoms with van der Waals surface area (Å²) in [6.45, 7) is 1.64. The van der Waals surface area contributed by atoms with E-state index < -0.39 is 0 Å². The van der Waals surface area contributed by atoms with Gasteiger partial charge in [-0.3, -0.25) is 4.79 Å². The quantitative estimate of drug-likeness (QED) is 0.600. The summed E-state index contributed by atoms with van der Waals surface area (Å²) < 4.78 is 3.31. The molecule has 25 heavy (non-hydrogen) atoms.